The topological polar surface area (TPSA) is 65.4 Å². The van der Waals surface area contributed by atoms with Gasteiger partial charge in [0.05, 0.1) is 25.0 Å². The minimum atomic E-state index is -4.34. The number of carbonyl (C=O) groups excluding carboxylic acids is 1. The summed E-state index contributed by atoms with van der Waals surface area (Å²) in [6, 6.07) is 0. The van der Waals surface area contributed by atoms with Crippen molar-refractivity contribution in [1.82, 2.24) is 9.78 Å². The van der Waals surface area contributed by atoms with Crippen molar-refractivity contribution in [3.63, 3.8) is 0 Å². The average Bonchev–Trinajstić information content (AvgIpc) is 2.68. The van der Waals surface area contributed by atoms with Crippen molar-refractivity contribution < 1.29 is 27.4 Å². The molecule has 0 spiro atoms. The lowest BCUT2D eigenvalue weighted by atomic mass is 10.2. The molecule has 0 fully saturated rings. The summed E-state index contributed by atoms with van der Waals surface area (Å²) in [5, 5.41) is 6.35. The standard InChI is InChI=1S/C12H18F3N3O3/c1-11(2,3)21-10(19)17-9-6-16-18(7-9)4-5-20-8-12(13,14)15/h6-7H,4-5,8H2,1-3H3,(H,17,19). The Balaban J connectivity index is 2.35. The number of hydrogen-bond donors (Lipinski definition) is 1. The average molecular weight is 309 g/mol. The number of nitrogens with one attached hydrogen (secondary N) is 1. The molecule has 0 unspecified atom stereocenters. The zero-order valence-corrected chi connectivity index (χ0v) is 12.0. The van der Waals surface area contributed by atoms with Gasteiger partial charge in [0.25, 0.3) is 0 Å². The fourth-order valence-electron chi connectivity index (χ4n) is 1.32. The van der Waals surface area contributed by atoms with Gasteiger partial charge in [-0.25, -0.2) is 4.79 Å². The van der Waals surface area contributed by atoms with E-state index in [4.69, 9.17) is 4.74 Å². The van der Waals surface area contributed by atoms with Crippen molar-refractivity contribution >= 4 is 11.8 Å². The molecule has 0 aliphatic rings. The van der Waals surface area contributed by atoms with Crippen LogP contribution in [0.4, 0.5) is 23.7 Å². The van der Waals surface area contributed by atoms with Gasteiger partial charge in [0, 0.05) is 6.20 Å². The lowest BCUT2D eigenvalue weighted by Gasteiger charge is -2.19. The zero-order valence-electron chi connectivity index (χ0n) is 12.0. The van der Waals surface area contributed by atoms with E-state index in [0.717, 1.165) is 0 Å². The van der Waals surface area contributed by atoms with Crippen LogP contribution in [0.5, 0.6) is 0 Å². The van der Waals surface area contributed by atoms with Gasteiger partial charge in [0.1, 0.15) is 12.2 Å². The van der Waals surface area contributed by atoms with Crippen LogP contribution in [0.25, 0.3) is 0 Å². The maximum atomic E-state index is 11.9. The predicted molar refractivity (Wildman–Crippen MR) is 69.0 cm³/mol. The molecule has 0 radical (unpaired) electrons. The minimum absolute atomic E-state index is 0.132. The molecule has 0 saturated heterocycles. The van der Waals surface area contributed by atoms with Gasteiger partial charge >= 0.3 is 12.3 Å². The van der Waals surface area contributed by atoms with Gasteiger partial charge in [-0.05, 0) is 20.8 Å². The van der Waals surface area contributed by atoms with E-state index in [0.29, 0.717) is 5.69 Å². The molecule has 1 amide bonds. The van der Waals surface area contributed by atoms with Crippen LogP contribution in [0.3, 0.4) is 0 Å². The van der Waals surface area contributed by atoms with Crippen LogP contribution < -0.4 is 5.32 Å². The predicted octanol–water partition coefficient (Wildman–Crippen LogP) is 2.81. The molecule has 0 saturated carbocycles. The molecule has 0 aromatic carbocycles. The first-order valence-electron chi connectivity index (χ1n) is 6.22. The number of carbonyl (C=O) groups is 1. The Morgan fingerprint density at radius 1 is 1.38 bits per heavy atom. The van der Waals surface area contributed by atoms with E-state index in [1.165, 1.54) is 17.1 Å². The van der Waals surface area contributed by atoms with Crippen molar-refractivity contribution in [3.05, 3.63) is 12.4 Å². The SMILES string of the molecule is CC(C)(C)OC(=O)Nc1cnn(CCOCC(F)(F)F)c1. The molecule has 9 heteroatoms. The summed E-state index contributed by atoms with van der Waals surface area (Å²) < 4.78 is 46.4. The number of aromatic nitrogens is 2. The lowest BCUT2D eigenvalue weighted by molar-refractivity contribution is -0.174. The summed E-state index contributed by atoms with van der Waals surface area (Å²) >= 11 is 0. The number of nitrogens with zero attached hydrogens (tertiary/aromatic N) is 2. The molecule has 0 atom stereocenters. The molecule has 1 aromatic rings. The number of ether oxygens (including phenoxy) is 2. The summed E-state index contributed by atoms with van der Waals surface area (Å²) in [4.78, 5) is 11.5. The van der Waals surface area contributed by atoms with E-state index < -0.39 is 24.5 Å². The van der Waals surface area contributed by atoms with Gasteiger partial charge in [0.15, 0.2) is 0 Å². The second kappa shape index (κ2) is 6.79. The third kappa shape index (κ3) is 8.18. The number of hydrogen-bond acceptors (Lipinski definition) is 4. The Morgan fingerprint density at radius 3 is 2.62 bits per heavy atom. The third-order valence-electron chi connectivity index (χ3n) is 2.01. The smallest absolute Gasteiger partial charge is 0.412 e. The van der Waals surface area contributed by atoms with Crippen LogP contribution in [0.1, 0.15) is 20.8 Å². The molecular formula is C12H18F3N3O3. The zero-order chi connectivity index (χ0) is 16.1. The minimum Gasteiger partial charge on any atom is -0.444 e. The van der Waals surface area contributed by atoms with E-state index in [2.05, 4.69) is 15.2 Å². The first kappa shape index (κ1) is 17.3. The van der Waals surface area contributed by atoms with E-state index >= 15 is 0 Å². The highest BCUT2D eigenvalue weighted by Gasteiger charge is 2.27. The second-order valence-corrected chi connectivity index (χ2v) is 5.29. The monoisotopic (exact) mass is 309 g/mol. The third-order valence-corrected chi connectivity index (χ3v) is 2.01. The van der Waals surface area contributed by atoms with E-state index in [1.807, 2.05) is 0 Å². The van der Waals surface area contributed by atoms with Crippen LogP contribution in [0, 0.1) is 0 Å². The maximum absolute atomic E-state index is 11.9. The van der Waals surface area contributed by atoms with Gasteiger partial charge < -0.3 is 9.47 Å². The van der Waals surface area contributed by atoms with Gasteiger partial charge in [-0.1, -0.05) is 0 Å². The summed E-state index contributed by atoms with van der Waals surface area (Å²) in [6.45, 7) is 3.91. The molecule has 1 N–H and O–H groups in total. The first-order valence-corrected chi connectivity index (χ1v) is 6.22. The summed E-state index contributed by atoms with van der Waals surface area (Å²) in [6.07, 6.45) is -2.13. The molecule has 0 aliphatic carbocycles. The number of anilines is 1. The largest absolute Gasteiger partial charge is 0.444 e. The first-order chi connectivity index (χ1) is 9.55. The van der Waals surface area contributed by atoms with Crippen molar-refractivity contribution in [2.24, 2.45) is 0 Å². The van der Waals surface area contributed by atoms with Crippen molar-refractivity contribution in [3.8, 4) is 0 Å². The van der Waals surface area contributed by atoms with Gasteiger partial charge in [-0.15, -0.1) is 0 Å². The quantitative estimate of drug-likeness (QED) is 0.849. The highest BCUT2D eigenvalue weighted by molar-refractivity contribution is 5.84. The van der Waals surface area contributed by atoms with Crippen LogP contribution in [-0.4, -0.2) is 40.9 Å². The Hall–Kier alpha value is -1.77. The van der Waals surface area contributed by atoms with Crippen LogP contribution >= 0.6 is 0 Å². The second-order valence-electron chi connectivity index (χ2n) is 5.29. The highest BCUT2D eigenvalue weighted by Crippen LogP contribution is 2.14. The molecule has 120 valence electrons. The van der Waals surface area contributed by atoms with Gasteiger partial charge in [0.2, 0.25) is 0 Å². The van der Waals surface area contributed by atoms with Gasteiger partial charge in [-0.3, -0.25) is 10.00 Å². The lowest BCUT2D eigenvalue weighted by Crippen LogP contribution is -2.27. The van der Waals surface area contributed by atoms with Crippen LogP contribution in [-0.2, 0) is 16.0 Å². The fraction of sp³-hybridized carbons (Fsp3) is 0.667. The molecular weight excluding hydrogens is 291 g/mol. The molecule has 1 heterocycles. The molecule has 0 aliphatic heterocycles. The summed E-state index contributed by atoms with van der Waals surface area (Å²) in [5.74, 6) is 0. The molecule has 1 aromatic heterocycles. The summed E-state index contributed by atoms with van der Waals surface area (Å²) in [7, 11) is 0. The maximum Gasteiger partial charge on any atom is 0.412 e. The number of halogens is 3. The van der Waals surface area contributed by atoms with Crippen LogP contribution in [0.15, 0.2) is 12.4 Å². The van der Waals surface area contributed by atoms with Crippen LogP contribution in [0.2, 0.25) is 0 Å². The van der Waals surface area contributed by atoms with Crippen molar-refractivity contribution in [2.45, 2.75) is 39.1 Å². The Labute approximate surface area is 120 Å². The molecule has 1 rings (SSSR count). The Morgan fingerprint density at radius 2 is 2.05 bits per heavy atom. The molecule has 21 heavy (non-hydrogen) atoms. The Kier molecular flexibility index (Phi) is 5.59. The summed E-state index contributed by atoms with van der Waals surface area (Å²) in [5.41, 5.74) is -0.231. The highest BCUT2D eigenvalue weighted by atomic mass is 19.4. The number of rotatable bonds is 5. The van der Waals surface area contributed by atoms with E-state index in [1.54, 1.807) is 20.8 Å². The Bertz CT molecular complexity index is 466. The van der Waals surface area contributed by atoms with E-state index in [-0.39, 0.29) is 13.2 Å². The fourth-order valence-corrected chi connectivity index (χ4v) is 1.32. The van der Waals surface area contributed by atoms with Gasteiger partial charge in [-0.2, -0.15) is 18.3 Å². The van der Waals surface area contributed by atoms with Crippen molar-refractivity contribution in [1.29, 1.82) is 0 Å². The van der Waals surface area contributed by atoms with Crippen molar-refractivity contribution in [2.75, 3.05) is 18.5 Å². The number of alkyl halides is 3. The molecule has 0 bridgehead atoms. The van der Waals surface area contributed by atoms with E-state index in [9.17, 15) is 18.0 Å². The number of amides is 1. The normalized spacial score (nSPS) is 12.3. The molecule has 6 nitrogen and oxygen atoms in total.